The number of carbonyl (C=O) groups is 1. The third-order valence-electron chi connectivity index (χ3n) is 3.65. The highest BCUT2D eigenvalue weighted by atomic mass is 16.5. The van der Waals surface area contributed by atoms with Gasteiger partial charge in [-0.25, -0.2) is 9.78 Å². The average Bonchev–Trinajstić information content (AvgIpc) is 2.47. The maximum Gasteiger partial charge on any atom is 0.340 e. The summed E-state index contributed by atoms with van der Waals surface area (Å²) in [7, 11) is 1.35. The molecule has 1 aliphatic rings. The van der Waals surface area contributed by atoms with E-state index in [2.05, 4.69) is 28.6 Å². The number of rotatable bonds is 4. The summed E-state index contributed by atoms with van der Waals surface area (Å²) in [6.45, 7) is 9.42. The van der Waals surface area contributed by atoms with Gasteiger partial charge in [-0.2, -0.15) is 0 Å². The molecule has 1 aromatic rings. The number of methoxy groups -OCH3 is 1. The van der Waals surface area contributed by atoms with Crippen molar-refractivity contribution in [2.45, 2.75) is 13.8 Å². The van der Waals surface area contributed by atoms with Crippen LogP contribution in [-0.2, 0) is 4.74 Å². The molecule has 1 fully saturated rings. The van der Waals surface area contributed by atoms with Gasteiger partial charge in [-0.15, -0.1) is 0 Å². The second-order valence-corrected chi connectivity index (χ2v) is 5.80. The number of aromatic nitrogens is 1. The second kappa shape index (κ2) is 6.76. The minimum atomic E-state index is -0.422. The quantitative estimate of drug-likeness (QED) is 0.842. The van der Waals surface area contributed by atoms with Gasteiger partial charge in [0.1, 0.15) is 5.82 Å². The van der Waals surface area contributed by atoms with Crippen LogP contribution in [0, 0.1) is 5.92 Å². The molecule has 0 atom stereocenters. The highest BCUT2D eigenvalue weighted by Gasteiger charge is 2.20. The Bertz CT molecular complexity index is 496. The summed E-state index contributed by atoms with van der Waals surface area (Å²) < 4.78 is 4.75. The van der Waals surface area contributed by atoms with Gasteiger partial charge in [0, 0.05) is 32.7 Å². The molecular weight excluding hydrogens is 268 g/mol. The van der Waals surface area contributed by atoms with E-state index < -0.39 is 5.97 Å². The van der Waals surface area contributed by atoms with Gasteiger partial charge in [0.25, 0.3) is 0 Å². The normalized spacial score (nSPS) is 16.3. The highest BCUT2D eigenvalue weighted by Crippen LogP contribution is 2.20. The van der Waals surface area contributed by atoms with Gasteiger partial charge in [-0.3, -0.25) is 4.90 Å². The first kappa shape index (κ1) is 15.6. The maximum atomic E-state index is 11.7. The van der Waals surface area contributed by atoms with Crippen molar-refractivity contribution in [1.29, 1.82) is 0 Å². The molecule has 0 unspecified atom stereocenters. The summed E-state index contributed by atoms with van der Waals surface area (Å²) in [5.74, 6) is 1.04. The van der Waals surface area contributed by atoms with Gasteiger partial charge in [-0.1, -0.05) is 13.8 Å². The number of hydrogen-bond donors (Lipinski definition) is 1. The third-order valence-corrected chi connectivity index (χ3v) is 3.65. The fourth-order valence-electron chi connectivity index (χ4n) is 2.59. The van der Waals surface area contributed by atoms with Crippen molar-refractivity contribution in [2.24, 2.45) is 5.92 Å². The molecule has 6 heteroatoms. The first-order chi connectivity index (χ1) is 10.0. The molecule has 2 N–H and O–H groups in total. The van der Waals surface area contributed by atoms with Gasteiger partial charge in [-0.05, 0) is 12.0 Å². The van der Waals surface area contributed by atoms with Crippen LogP contribution in [0.4, 0.5) is 11.5 Å². The Morgan fingerprint density at radius 1 is 1.38 bits per heavy atom. The van der Waals surface area contributed by atoms with Crippen molar-refractivity contribution in [3.8, 4) is 0 Å². The fourth-order valence-corrected chi connectivity index (χ4v) is 2.59. The number of nitrogens with zero attached hydrogens (tertiary/aromatic N) is 3. The minimum Gasteiger partial charge on any atom is -0.465 e. The molecule has 0 radical (unpaired) electrons. The number of piperazine rings is 1. The van der Waals surface area contributed by atoms with Crippen molar-refractivity contribution >= 4 is 17.5 Å². The van der Waals surface area contributed by atoms with Crippen LogP contribution < -0.4 is 10.6 Å². The molecule has 0 amide bonds. The van der Waals surface area contributed by atoms with E-state index in [0.717, 1.165) is 38.5 Å². The predicted octanol–water partition coefficient (Wildman–Crippen LogP) is 1.23. The smallest absolute Gasteiger partial charge is 0.340 e. The van der Waals surface area contributed by atoms with Crippen LogP contribution in [0.1, 0.15) is 24.2 Å². The second-order valence-electron chi connectivity index (χ2n) is 5.80. The molecule has 0 saturated carbocycles. The predicted molar refractivity (Wildman–Crippen MR) is 83.5 cm³/mol. The maximum absolute atomic E-state index is 11.7. The molecule has 1 aromatic heterocycles. The summed E-state index contributed by atoms with van der Waals surface area (Å²) >= 11 is 0. The molecule has 6 nitrogen and oxygen atoms in total. The Kier molecular flexibility index (Phi) is 5.01. The van der Waals surface area contributed by atoms with E-state index in [1.165, 1.54) is 13.3 Å². The lowest BCUT2D eigenvalue weighted by molar-refractivity contribution is 0.0602. The van der Waals surface area contributed by atoms with Crippen molar-refractivity contribution in [2.75, 3.05) is 50.5 Å². The molecule has 116 valence electrons. The standard InChI is InChI=1S/C15H24N4O2/c1-11(2)10-18-4-6-19(7-5-18)14-8-12(15(20)21-3)13(16)9-17-14/h8-9,11H,4-7,10,16H2,1-3H3. The van der Waals surface area contributed by atoms with Crippen LogP contribution in [0.3, 0.4) is 0 Å². The summed E-state index contributed by atoms with van der Waals surface area (Å²) in [4.78, 5) is 20.7. The van der Waals surface area contributed by atoms with Gasteiger partial charge in [0.05, 0.1) is 24.6 Å². The Morgan fingerprint density at radius 2 is 2.05 bits per heavy atom. The Hall–Kier alpha value is -1.82. The van der Waals surface area contributed by atoms with E-state index in [1.54, 1.807) is 6.07 Å². The topological polar surface area (TPSA) is 71.7 Å². The molecule has 2 rings (SSSR count). The van der Waals surface area contributed by atoms with Crippen LogP contribution in [0.2, 0.25) is 0 Å². The number of nitrogen functional groups attached to an aromatic ring is 1. The Balaban J connectivity index is 2.05. The highest BCUT2D eigenvalue weighted by molar-refractivity contribution is 5.95. The molecule has 2 heterocycles. The zero-order valence-corrected chi connectivity index (χ0v) is 13.0. The zero-order valence-electron chi connectivity index (χ0n) is 13.0. The molecule has 1 aliphatic heterocycles. The van der Waals surface area contributed by atoms with Crippen molar-refractivity contribution in [3.63, 3.8) is 0 Å². The molecule has 0 aliphatic carbocycles. The van der Waals surface area contributed by atoms with Crippen LogP contribution in [0.15, 0.2) is 12.3 Å². The van der Waals surface area contributed by atoms with E-state index in [0.29, 0.717) is 17.2 Å². The van der Waals surface area contributed by atoms with E-state index in [-0.39, 0.29) is 0 Å². The Labute approximate surface area is 125 Å². The zero-order chi connectivity index (χ0) is 15.4. The number of esters is 1. The number of ether oxygens (including phenoxy) is 1. The number of hydrogen-bond acceptors (Lipinski definition) is 6. The molecule has 21 heavy (non-hydrogen) atoms. The monoisotopic (exact) mass is 292 g/mol. The average molecular weight is 292 g/mol. The summed E-state index contributed by atoms with van der Waals surface area (Å²) in [6, 6.07) is 1.72. The van der Waals surface area contributed by atoms with Gasteiger partial charge < -0.3 is 15.4 Å². The number of carbonyl (C=O) groups excluding carboxylic acids is 1. The SMILES string of the molecule is COC(=O)c1cc(N2CCN(CC(C)C)CC2)ncc1N. The lowest BCUT2D eigenvalue weighted by Gasteiger charge is -2.36. The van der Waals surface area contributed by atoms with E-state index in [1.807, 2.05) is 0 Å². The lowest BCUT2D eigenvalue weighted by atomic mass is 10.2. The first-order valence-corrected chi connectivity index (χ1v) is 7.32. The van der Waals surface area contributed by atoms with Gasteiger partial charge in [0.2, 0.25) is 0 Å². The summed E-state index contributed by atoms with van der Waals surface area (Å²) in [5, 5.41) is 0. The van der Waals surface area contributed by atoms with Crippen molar-refractivity contribution in [3.05, 3.63) is 17.8 Å². The number of pyridine rings is 1. The van der Waals surface area contributed by atoms with Crippen LogP contribution in [0.25, 0.3) is 0 Å². The largest absolute Gasteiger partial charge is 0.465 e. The van der Waals surface area contributed by atoms with E-state index in [9.17, 15) is 4.79 Å². The van der Waals surface area contributed by atoms with Crippen molar-refractivity contribution in [1.82, 2.24) is 9.88 Å². The summed E-state index contributed by atoms with van der Waals surface area (Å²) in [6.07, 6.45) is 1.53. The molecule has 0 aromatic carbocycles. The van der Waals surface area contributed by atoms with Gasteiger partial charge in [0.15, 0.2) is 0 Å². The first-order valence-electron chi connectivity index (χ1n) is 7.32. The summed E-state index contributed by atoms with van der Waals surface area (Å²) in [5.41, 5.74) is 6.51. The molecule has 0 bridgehead atoms. The van der Waals surface area contributed by atoms with Gasteiger partial charge >= 0.3 is 5.97 Å². The molecule has 0 spiro atoms. The lowest BCUT2D eigenvalue weighted by Crippen LogP contribution is -2.47. The van der Waals surface area contributed by atoms with E-state index >= 15 is 0 Å². The molecular formula is C15H24N4O2. The Morgan fingerprint density at radius 3 is 2.62 bits per heavy atom. The number of anilines is 2. The number of nitrogens with two attached hydrogens (primary N) is 1. The van der Waals surface area contributed by atoms with Crippen LogP contribution in [0.5, 0.6) is 0 Å². The van der Waals surface area contributed by atoms with Crippen LogP contribution >= 0.6 is 0 Å². The van der Waals surface area contributed by atoms with E-state index in [4.69, 9.17) is 10.5 Å². The fraction of sp³-hybridized carbons (Fsp3) is 0.600. The molecule has 1 saturated heterocycles. The third kappa shape index (κ3) is 3.85. The van der Waals surface area contributed by atoms with Crippen LogP contribution in [-0.4, -0.2) is 55.7 Å². The minimum absolute atomic E-state index is 0.351. The van der Waals surface area contributed by atoms with Crippen molar-refractivity contribution < 1.29 is 9.53 Å².